The molecule has 3 aromatic rings. The second-order valence-corrected chi connectivity index (χ2v) is 8.48. The summed E-state index contributed by atoms with van der Waals surface area (Å²) < 4.78 is 7.12. The Bertz CT molecular complexity index is 1330. The smallest absolute Gasteiger partial charge is 0.338 e. The van der Waals surface area contributed by atoms with Gasteiger partial charge in [-0.05, 0) is 43.2 Å². The normalized spacial score (nSPS) is 16.3. The molecule has 0 saturated carbocycles. The second-order valence-electron chi connectivity index (χ2n) is 7.04. The summed E-state index contributed by atoms with van der Waals surface area (Å²) in [6.45, 7) is 3.77. The lowest BCUT2D eigenvalue weighted by atomic mass is 9.96. The first kappa shape index (κ1) is 20.3. The lowest BCUT2D eigenvalue weighted by molar-refractivity contribution is -0.136. The molecule has 0 aliphatic carbocycles. The summed E-state index contributed by atoms with van der Waals surface area (Å²) in [5, 5.41) is 0.575. The molecule has 0 N–H and O–H groups in total. The van der Waals surface area contributed by atoms with Crippen LogP contribution >= 0.6 is 22.9 Å². The number of thiazole rings is 1. The molecule has 7 heteroatoms. The fraction of sp³-hybridized carbons (Fsp3) is 0.174. The molecule has 30 heavy (non-hydrogen) atoms. The van der Waals surface area contributed by atoms with Crippen LogP contribution in [0.3, 0.4) is 0 Å². The molecule has 0 saturated heterocycles. The van der Waals surface area contributed by atoms with E-state index >= 15 is 0 Å². The molecule has 0 radical (unpaired) electrons. The van der Waals surface area contributed by atoms with Crippen molar-refractivity contribution < 1.29 is 9.53 Å². The van der Waals surface area contributed by atoms with Crippen molar-refractivity contribution in [3.8, 4) is 0 Å². The second kappa shape index (κ2) is 8.05. The highest BCUT2D eigenvalue weighted by atomic mass is 35.5. The van der Waals surface area contributed by atoms with E-state index in [1.807, 2.05) is 49.4 Å². The topological polar surface area (TPSA) is 60.7 Å². The molecule has 4 rings (SSSR count). The Morgan fingerprint density at radius 3 is 2.43 bits per heavy atom. The number of aryl methyl sites for hydroxylation is 1. The van der Waals surface area contributed by atoms with Gasteiger partial charge in [0, 0.05) is 5.02 Å². The number of fused-ring (bicyclic) bond motifs is 1. The van der Waals surface area contributed by atoms with Crippen molar-refractivity contribution >= 4 is 35.0 Å². The Morgan fingerprint density at radius 2 is 1.80 bits per heavy atom. The number of aromatic nitrogens is 1. The number of benzene rings is 2. The van der Waals surface area contributed by atoms with E-state index in [-0.39, 0.29) is 5.56 Å². The molecule has 2 heterocycles. The number of carbonyl (C=O) groups excluding carboxylic acids is 1. The minimum atomic E-state index is -0.633. The van der Waals surface area contributed by atoms with Gasteiger partial charge in [-0.3, -0.25) is 9.36 Å². The van der Waals surface area contributed by atoms with Gasteiger partial charge in [0.25, 0.3) is 5.56 Å². The molecule has 0 spiro atoms. The summed E-state index contributed by atoms with van der Waals surface area (Å²) in [6, 6.07) is 14.4. The van der Waals surface area contributed by atoms with Crippen LogP contribution in [0.5, 0.6) is 0 Å². The third-order valence-electron chi connectivity index (χ3n) is 4.99. The Kier molecular flexibility index (Phi) is 5.45. The molecule has 2 aromatic carbocycles. The lowest BCUT2D eigenvalue weighted by Gasteiger charge is -2.24. The van der Waals surface area contributed by atoms with E-state index in [2.05, 4.69) is 4.99 Å². The number of ether oxygens (including phenoxy) is 1. The van der Waals surface area contributed by atoms with Crippen LogP contribution in [-0.4, -0.2) is 17.6 Å². The van der Waals surface area contributed by atoms with Gasteiger partial charge in [-0.2, -0.15) is 0 Å². The monoisotopic (exact) mass is 438 g/mol. The first-order chi connectivity index (χ1) is 14.4. The first-order valence-corrected chi connectivity index (χ1v) is 10.5. The number of rotatable bonds is 3. The van der Waals surface area contributed by atoms with Crippen LogP contribution in [0, 0.1) is 6.92 Å². The molecule has 1 aliphatic rings. The molecule has 1 atom stereocenters. The van der Waals surface area contributed by atoms with Crippen LogP contribution in [0.2, 0.25) is 5.02 Å². The maximum Gasteiger partial charge on any atom is 0.338 e. The van der Waals surface area contributed by atoms with E-state index in [0.717, 1.165) is 16.7 Å². The maximum absolute atomic E-state index is 13.4. The lowest BCUT2D eigenvalue weighted by Crippen LogP contribution is -2.39. The zero-order valence-corrected chi connectivity index (χ0v) is 18.3. The van der Waals surface area contributed by atoms with Gasteiger partial charge in [0.2, 0.25) is 0 Å². The van der Waals surface area contributed by atoms with Crippen LogP contribution in [-0.2, 0) is 9.53 Å². The number of halogens is 1. The summed E-state index contributed by atoms with van der Waals surface area (Å²) in [5.74, 6) is -0.510. The van der Waals surface area contributed by atoms with Gasteiger partial charge in [0.15, 0.2) is 4.80 Å². The number of hydrogen-bond donors (Lipinski definition) is 0. The van der Waals surface area contributed by atoms with Crippen molar-refractivity contribution in [1.82, 2.24) is 4.57 Å². The number of nitrogens with zero attached hydrogens (tertiary/aromatic N) is 2. The highest BCUT2D eigenvalue weighted by molar-refractivity contribution is 7.07. The van der Waals surface area contributed by atoms with Gasteiger partial charge < -0.3 is 4.74 Å². The quantitative estimate of drug-likeness (QED) is 0.589. The van der Waals surface area contributed by atoms with E-state index in [1.54, 1.807) is 23.6 Å². The van der Waals surface area contributed by atoms with Crippen LogP contribution in [0.15, 0.2) is 69.6 Å². The number of allylic oxidation sites excluding steroid dienone is 1. The standard InChI is InChI=1S/C23H19ClN2O3S/c1-13-4-6-15(7-5-13)12-18-21(27)26-20(16-8-10-17(24)11-9-16)19(22(28)29-3)14(2)25-23(26)30-18/h4-12,20H,1-3H3/b18-12-/t20-/m1/s1. The van der Waals surface area contributed by atoms with Gasteiger partial charge in [0.1, 0.15) is 0 Å². The van der Waals surface area contributed by atoms with E-state index in [9.17, 15) is 9.59 Å². The molecule has 152 valence electrons. The summed E-state index contributed by atoms with van der Waals surface area (Å²) >= 11 is 7.35. The van der Waals surface area contributed by atoms with Crippen molar-refractivity contribution in [3.05, 3.63) is 101 Å². The number of esters is 1. The molecule has 1 aliphatic heterocycles. The molecule has 1 aromatic heterocycles. The van der Waals surface area contributed by atoms with Gasteiger partial charge in [0.05, 0.1) is 29.0 Å². The number of hydrogen-bond acceptors (Lipinski definition) is 5. The van der Waals surface area contributed by atoms with Gasteiger partial charge in [-0.1, -0.05) is 64.9 Å². The van der Waals surface area contributed by atoms with Crippen LogP contribution in [0.1, 0.15) is 29.7 Å². The third kappa shape index (κ3) is 3.64. The summed E-state index contributed by atoms with van der Waals surface area (Å²) in [7, 11) is 1.32. The van der Waals surface area contributed by atoms with Crippen molar-refractivity contribution in [2.45, 2.75) is 19.9 Å². The molecule has 0 bridgehead atoms. The Hall–Kier alpha value is -2.96. The van der Waals surface area contributed by atoms with Gasteiger partial charge >= 0.3 is 5.97 Å². The molecule has 0 fully saturated rings. The largest absolute Gasteiger partial charge is 0.466 e. The van der Waals surface area contributed by atoms with Crippen molar-refractivity contribution in [2.75, 3.05) is 7.11 Å². The number of carbonyl (C=O) groups is 1. The van der Waals surface area contributed by atoms with Crippen molar-refractivity contribution in [2.24, 2.45) is 4.99 Å². The first-order valence-electron chi connectivity index (χ1n) is 9.32. The Morgan fingerprint density at radius 1 is 1.13 bits per heavy atom. The predicted octanol–water partition coefficient (Wildman–Crippen LogP) is 3.37. The fourth-order valence-electron chi connectivity index (χ4n) is 3.47. The Labute approximate surface area is 182 Å². The summed E-state index contributed by atoms with van der Waals surface area (Å²) in [5.41, 5.74) is 3.51. The maximum atomic E-state index is 13.4. The zero-order chi connectivity index (χ0) is 21.4. The molecular formula is C23H19ClN2O3S. The average molecular weight is 439 g/mol. The molecule has 5 nitrogen and oxygen atoms in total. The van der Waals surface area contributed by atoms with Gasteiger partial charge in [-0.25, -0.2) is 9.79 Å². The minimum Gasteiger partial charge on any atom is -0.466 e. The van der Waals surface area contributed by atoms with Crippen LogP contribution in [0.4, 0.5) is 0 Å². The number of methoxy groups -OCH3 is 1. The highest BCUT2D eigenvalue weighted by Gasteiger charge is 2.32. The zero-order valence-electron chi connectivity index (χ0n) is 16.7. The molecular weight excluding hydrogens is 420 g/mol. The highest BCUT2D eigenvalue weighted by Crippen LogP contribution is 2.31. The van der Waals surface area contributed by atoms with Crippen molar-refractivity contribution in [1.29, 1.82) is 0 Å². The third-order valence-corrected chi connectivity index (χ3v) is 6.22. The SMILES string of the molecule is COC(=O)C1=C(C)N=c2s/c(=C\c3ccc(C)cc3)c(=O)n2[C@@H]1c1ccc(Cl)cc1. The van der Waals surface area contributed by atoms with E-state index in [1.165, 1.54) is 18.4 Å². The predicted molar refractivity (Wildman–Crippen MR) is 118 cm³/mol. The van der Waals surface area contributed by atoms with E-state index in [0.29, 0.717) is 25.6 Å². The van der Waals surface area contributed by atoms with E-state index < -0.39 is 12.0 Å². The van der Waals surface area contributed by atoms with Crippen LogP contribution in [0.25, 0.3) is 6.08 Å². The fourth-order valence-corrected chi connectivity index (χ4v) is 4.64. The molecule has 0 amide bonds. The Balaban J connectivity index is 1.96. The summed E-state index contributed by atoms with van der Waals surface area (Å²) in [6.07, 6.45) is 1.85. The summed E-state index contributed by atoms with van der Waals surface area (Å²) in [4.78, 5) is 31.1. The average Bonchev–Trinajstić information content (AvgIpc) is 3.03. The van der Waals surface area contributed by atoms with Gasteiger partial charge in [-0.15, -0.1) is 0 Å². The minimum absolute atomic E-state index is 0.201. The van der Waals surface area contributed by atoms with E-state index in [4.69, 9.17) is 16.3 Å². The van der Waals surface area contributed by atoms with Crippen LogP contribution < -0.4 is 14.9 Å². The van der Waals surface area contributed by atoms with Crippen molar-refractivity contribution in [3.63, 3.8) is 0 Å². The molecule has 0 unspecified atom stereocenters.